The van der Waals surface area contributed by atoms with Crippen LogP contribution in [0.3, 0.4) is 0 Å². The molecule has 0 spiro atoms. The highest BCUT2D eigenvalue weighted by Crippen LogP contribution is 2.37. The van der Waals surface area contributed by atoms with E-state index >= 15 is 0 Å². The van der Waals surface area contributed by atoms with Crippen molar-refractivity contribution in [2.24, 2.45) is 0 Å². The number of hydrogen-bond acceptors (Lipinski definition) is 3. The summed E-state index contributed by atoms with van der Waals surface area (Å²) in [4.78, 5) is 11.0. The molecule has 1 saturated heterocycles. The van der Waals surface area contributed by atoms with Gasteiger partial charge >= 0.3 is 13.1 Å². The molecule has 0 aliphatic carbocycles. The fraction of sp³-hybridized carbons (Fsp3) is 0.462. The van der Waals surface area contributed by atoms with Gasteiger partial charge in [-0.1, -0.05) is 15.9 Å². The maximum absolute atomic E-state index is 13.6. The third kappa shape index (κ3) is 2.50. The monoisotopic (exact) mass is 344 g/mol. The van der Waals surface area contributed by atoms with Gasteiger partial charge in [0.05, 0.1) is 16.8 Å². The van der Waals surface area contributed by atoms with Crippen molar-refractivity contribution in [1.29, 1.82) is 0 Å². The standard InChI is InChI=1S/C13H15BBrFO4/c1-12(2)13(3,4)20-14(19-12)8-5-7(11(17)18)10(16)6-9(8)15/h5-6H,1-4H3,(H,17,18). The predicted molar refractivity (Wildman–Crippen MR) is 76.8 cm³/mol. The van der Waals surface area contributed by atoms with E-state index in [1.54, 1.807) is 0 Å². The van der Waals surface area contributed by atoms with Gasteiger partial charge in [-0.2, -0.15) is 0 Å². The highest BCUT2D eigenvalue weighted by molar-refractivity contribution is 9.10. The van der Waals surface area contributed by atoms with Crippen molar-refractivity contribution in [3.8, 4) is 0 Å². The summed E-state index contributed by atoms with van der Waals surface area (Å²) in [5, 5.41) is 8.99. The molecular formula is C13H15BBrFO4. The van der Waals surface area contributed by atoms with Crippen molar-refractivity contribution in [3.05, 3.63) is 28.0 Å². The maximum atomic E-state index is 13.6. The minimum absolute atomic E-state index is 0.405. The van der Waals surface area contributed by atoms with Crippen LogP contribution in [-0.2, 0) is 9.31 Å². The number of aromatic carboxylic acids is 1. The number of hydrogen-bond donors (Lipinski definition) is 1. The smallest absolute Gasteiger partial charge is 0.478 e. The van der Waals surface area contributed by atoms with Gasteiger partial charge in [-0.15, -0.1) is 0 Å². The van der Waals surface area contributed by atoms with E-state index in [9.17, 15) is 9.18 Å². The van der Waals surface area contributed by atoms with Crippen LogP contribution in [0.2, 0.25) is 0 Å². The minimum atomic E-state index is -1.33. The molecule has 1 aromatic rings. The van der Waals surface area contributed by atoms with Gasteiger partial charge < -0.3 is 14.4 Å². The third-order valence-corrected chi connectivity index (χ3v) is 4.51. The van der Waals surface area contributed by atoms with E-state index in [0.29, 0.717) is 9.94 Å². The average Bonchev–Trinajstić information content (AvgIpc) is 2.47. The van der Waals surface area contributed by atoms with E-state index in [1.807, 2.05) is 27.7 Å². The van der Waals surface area contributed by atoms with Gasteiger partial charge in [0.2, 0.25) is 0 Å². The molecule has 7 heteroatoms. The molecule has 0 saturated carbocycles. The van der Waals surface area contributed by atoms with Crippen LogP contribution < -0.4 is 5.46 Å². The van der Waals surface area contributed by atoms with E-state index in [0.717, 1.165) is 6.07 Å². The largest absolute Gasteiger partial charge is 0.496 e. The van der Waals surface area contributed by atoms with Crippen LogP contribution in [0.25, 0.3) is 0 Å². The van der Waals surface area contributed by atoms with Crippen molar-refractivity contribution < 1.29 is 23.6 Å². The van der Waals surface area contributed by atoms with Crippen LogP contribution in [0.1, 0.15) is 38.1 Å². The summed E-state index contributed by atoms with van der Waals surface area (Å²) in [5.74, 6) is -2.13. The predicted octanol–water partition coefficient (Wildman–Crippen LogP) is 2.59. The fourth-order valence-corrected chi connectivity index (χ4v) is 2.38. The van der Waals surface area contributed by atoms with Crippen LogP contribution in [0.15, 0.2) is 16.6 Å². The average molecular weight is 345 g/mol. The number of carbonyl (C=O) groups is 1. The summed E-state index contributed by atoms with van der Waals surface area (Å²) < 4.78 is 25.7. The number of halogens is 2. The Bertz CT molecular complexity index is 558. The zero-order valence-corrected chi connectivity index (χ0v) is 13.2. The molecule has 0 bridgehead atoms. The topological polar surface area (TPSA) is 55.8 Å². The first-order chi connectivity index (χ1) is 9.05. The highest BCUT2D eigenvalue weighted by atomic mass is 79.9. The van der Waals surface area contributed by atoms with Crippen molar-refractivity contribution in [2.45, 2.75) is 38.9 Å². The Morgan fingerprint density at radius 2 is 1.75 bits per heavy atom. The molecule has 108 valence electrons. The lowest BCUT2D eigenvalue weighted by atomic mass is 9.78. The summed E-state index contributed by atoms with van der Waals surface area (Å²) in [5.41, 5.74) is -1.04. The van der Waals surface area contributed by atoms with Gasteiger partial charge in [-0.05, 0) is 45.3 Å². The normalized spacial score (nSPS) is 20.2. The van der Waals surface area contributed by atoms with Gasteiger partial charge in [0.25, 0.3) is 0 Å². The van der Waals surface area contributed by atoms with Gasteiger partial charge in [-0.3, -0.25) is 0 Å². The molecular weight excluding hydrogens is 330 g/mol. The van der Waals surface area contributed by atoms with Crippen LogP contribution in [0.4, 0.5) is 4.39 Å². The molecule has 1 aliphatic heterocycles. The second kappa shape index (κ2) is 4.82. The Labute approximate surface area is 125 Å². The Morgan fingerprint density at radius 1 is 1.25 bits per heavy atom. The number of carboxylic acid groups (broad SMARTS) is 1. The molecule has 0 unspecified atom stereocenters. The molecule has 1 aliphatic rings. The van der Waals surface area contributed by atoms with Gasteiger partial charge in [-0.25, -0.2) is 9.18 Å². The first-order valence-corrected chi connectivity index (χ1v) is 6.92. The lowest BCUT2D eigenvalue weighted by Gasteiger charge is -2.32. The van der Waals surface area contributed by atoms with Crippen molar-refractivity contribution in [2.75, 3.05) is 0 Å². The molecule has 4 nitrogen and oxygen atoms in total. The molecule has 1 heterocycles. The summed E-state index contributed by atoms with van der Waals surface area (Å²) in [6.45, 7) is 7.57. The fourth-order valence-electron chi connectivity index (χ4n) is 1.88. The van der Waals surface area contributed by atoms with Gasteiger partial charge in [0.15, 0.2) is 0 Å². The summed E-state index contributed by atoms with van der Waals surface area (Å²) >= 11 is 3.22. The zero-order chi connectivity index (χ0) is 15.3. The van der Waals surface area contributed by atoms with E-state index < -0.39 is 35.7 Å². The van der Waals surface area contributed by atoms with E-state index in [4.69, 9.17) is 14.4 Å². The Balaban J connectivity index is 2.45. The molecule has 0 amide bonds. The van der Waals surface area contributed by atoms with Crippen molar-refractivity contribution in [3.63, 3.8) is 0 Å². The molecule has 20 heavy (non-hydrogen) atoms. The quantitative estimate of drug-likeness (QED) is 0.838. The number of benzene rings is 1. The first kappa shape index (κ1) is 15.5. The van der Waals surface area contributed by atoms with E-state index in [1.165, 1.54) is 6.07 Å². The van der Waals surface area contributed by atoms with E-state index in [-0.39, 0.29) is 0 Å². The third-order valence-electron chi connectivity index (χ3n) is 3.82. The number of rotatable bonds is 2. The molecule has 1 N–H and O–H groups in total. The lowest BCUT2D eigenvalue weighted by molar-refractivity contribution is 0.00578. The summed E-state index contributed by atoms with van der Waals surface area (Å²) in [6.07, 6.45) is 0. The second-order valence-electron chi connectivity index (χ2n) is 5.75. The molecule has 0 atom stereocenters. The first-order valence-electron chi connectivity index (χ1n) is 6.13. The van der Waals surface area contributed by atoms with E-state index in [2.05, 4.69) is 15.9 Å². The lowest BCUT2D eigenvalue weighted by Crippen LogP contribution is -2.41. The summed E-state index contributed by atoms with van der Waals surface area (Å²) in [6, 6.07) is 2.35. The van der Waals surface area contributed by atoms with Crippen LogP contribution in [-0.4, -0.2) is 29.4 Å². The van der Waals surface area contributed by atoms with Crippen molar-refractivity contribution in [1.82, 2.24) is 0 Å². The Morgan fingerprint density at radius 3 is 2.20 bits per heavy atom. The Kier molecular flexibility index (Phi) is 3.73. The molecule has 0 radical (unpaired) electrons. The molecule has 2 rings (SSSR count). The van der Waals surface area contributed by atoms with Crippen molar-refractivity contribution >= 4 is 34.5 Å². The zero-order valence-electron chi connectivity index (χ0n) is 11.7. The number of carboxylic acids is 1. The molecule has 0 aromatic heterocycles. The summed E-state index contributed by atoms with van der Waals surface area (Å²) in [7, 11) is -0.743. The molecule has 1 fully saturated rings. The minimum Gasteiger partial charge on any atom is -0.478 e. The molecule has 1 aromatic carbocycles. The van der Waals surface area contributed by atoms with Crippen LogP contribution in [0.5, 0.6) is 0 Å². The Hall–Kier alpha value is -0.915. The SMILES string of the molecule is CC1(C)OB(c2cc(C(=O)O)c(F)cc2Br)OC1(C)C. The highest BCUT2D eigenvalue weighted by Gasteiger charge is 2.52. The maximum Gasteiger partial charge on any atom is 0.496 e. The van der Waals surface area contributed by atoms with Gasteiger partial charge in [0.1, 0.15) is 5.82 Å². The van der Waals surface area contributed by atoms with Crippen LogP contribution in [0, 0.1) is 5.82 Å². The second-order valence-corrected chi connectivity index (χ2v) is 6.60. The van der Waals surface area contributed by atoms with Gasteiger partial charge in [0, 0.05) is 4.47 Å². The van der Waals surface area contributed by atoms with Crippen LogP contribution >= 0.6 is 15.9 Å².